The first-order chi connectivity index (χ1) is 9.28. The Bertz CT molecular complexity index is 474. The number of carbonyl (C=O) groups excluding carboxylic acids is 1. The average molecular weight is 348 g/mol. The van der Waals surface area contributed by atoms with Crippen LogP contribution in [0.1, 0.15) is 20.8 Å². The van der Waals surface area contributed by atoms with E-state index in [-0.39, 0.29) is 6.54 Å². The molecule has 0 atom stereocenters. The van der Waals surface area contributed by atoms with Crippen LogP contribution in [0.3, 0.4) is 0 Å². The molecule has 112 valence electrons. The van der Waals surface area contributed by atoms with Crippen molar-refractivity contribution in [2.45, 2.75) is 26.4 Å². The molecule has 0 N–H and O–H groups in total. The van der Waals surface area contributed by atoms with E-state index in [2.05, 4.69) is 15.9 Å². The monoisotopic (exact) mass is 347 g/mol. The van der Waals surface area contributed by atoms with Crippen LogP contribution in [-0.2, 0) is 4.74 Å². The van der Waals surface area contributed by atoms with Crippen molar-refractivity contribution in [1.82, 2.24) is 0 Å². The van der Waals surface area contributed by atoms with Gasteiger partial charge >= 0.3 is 6.09 Å². The second kappa shape index (κ2) is 6.92. The van der Waals surface area contributed by atoms with Gasteiger partial charge in [0, 0.05) is 6.07 Å². The highest BCUT2D eigenvalue weighted by molar-refractivity contribution is 9.10. The van der Waals surface area contributed by atoms with E-state index in [9.17, 15) is 9.18 Å². The van der Waals surface area contributed by atoms with Gasteiger partial charge in [0.25, 0.3) is 0 Å². The van der Waals surface area contributed by atoms with Gasteiger partial charge in [-0.25, -0.2) is 9.18 Å². The Morgan fingerprint density at radius 1 is 1.40 bits per heavy atom. The third-order valence-corrected chi connectivity index (χ3v) is 3.02. The van der Waals surface area contributed by atoms with Crippen molar-refractivity contribution < 1.29 is 18.7 Å². The number of benzene rings is 1. The molecular formula is C14H19BrFNO3. The zero-order valence-corrected chi connectivity index (χ0v) is 13.7. The Kier molecular flexibility index (Phi) is 5.80. The first-order valence-corrected chi connectivity index (χ1v) is 6.98. The zero-order chi connectivity index (χ0) is 15.3. The highest BCUT2D eigenvalue weighted by atomic mass is 79.9. The minimum absolute atomic E-state index is 0.0697. The Morgan fingerprint density at radius 3 is 2.55 bits per heavy atom. The average Bonchev–Trinajstić information content (AvgIpc) is 2.34. The number of rotatable bonds is 4. The van der Waals surface area contributed by atoms with Crippen molar-refractivity contribution in [2.75, 3.05) is 25.2 Å². The molecule has 4 nitrogen and oxygen atoms in total. The van der Waals surface area contributed by atoms with Crippen LogP contribution in [0.15, 0.2) is 22.7 Å². The summed E-state index contributed by atoms with van der Waals surface area (Å²) in [7, 11) is 1.52. The largest absolute Gasteiger partial charge is 0.495 e. The molecule has 1 amide bonds. The molecule has 1 aromatic carbocycles. The van der Waals surface area contributed by atoms with Crippen LogP contribution in [0, 0.1) is 0 Å². The summed E-state index contributed by atoms with van der Waals surface area (Å²) in [6.45, 7) is 4.57. The molecule has 0 spiro atoms. The van der Waals surface area contributed by atoms with Gasteiger partial charge in [-0.2, -0.15) is 0 Å². The van der Waals surface area contributed by atoms with E-state index < -0.39 is 18.4 Å². The molecular weight excluding hydrogens is 329 g/mol. The molecule has 1 rings (SSSR count). The summed E-state index contributed by atoms with van der Waals surface area (Å²) >= 11 is 3.33. The number of nitrogens with zero attached hydrogens (tertiary/aromatic N) is 1. The van der Waals surface area contributed by atoms with Crippen LogP contribution in [0.2, 0.25) is 0 Å². The molecule has 0 aliphatic carbocycles. The molecule has 0 fully saturated rings. The molecule has 0 aliphatic rings. The van der Waals surface area contributed by atoms with Crippen LogP contribution in [0.5, 0.6) is 5.75 Å². The number of methoxy groups -OCH3 is 1. The quantitative estimate of drug-likeness (QED) is 0.820. The van der Waals surface area contributed by atoms with Gasteiger partial charge in [0.15, 0.2) is 0 Å². The smallest absolute Gasteiger partial charge is 0.414 e. The van der Waals surface area contributed by atoms with Crippen LogP contribution < -0.4 is 9.64 Å². The maximum atomic E-state index is 12.7. The van der Waals surface area contributed by atoms with Gasteiger partial charge in [0.1, 0.15) is 18.0 Å². The van der Waals surface area contributed by atoms with Crippen molar-refractivity contribution >= 4 is 27.7 Å². The number of alkyl halides is 1. The summed E-state index contributed by atoms with van der Waals surface area (Å²) < 4.78 is 23.9. The highest BCUT2D eigenvalue weighted by Crippen LogP contribution is 2.30. The van der Waals surface area contributed by atoms with E-state index >= 15 is 0 Å². The Labute approximate surface area is 127 Å². The number of hydrogen-bond acceptors (Lipinski definition) is 3. The molecule has 0 aliphatic heterocycles. The fourth-order valence-corrected chi connectivity index (χ4v) is 1.95. The van der Waals surface area contributed by atoms with Gasteiger partial charge in [0.2, 0.25) is 0 Å². The first-order valence-electron chi connectivity index (χ1n) is 6.18. The van der Waals surface area contributed by atoms with E-state index in [4.69, 9.17) is 9.47 Å². The lowest BCUT2D eigenvalue weighted by molar-refractivity contribution is 0.0578. The van der Waals surface area contributed by atoms with Crippen LogP contribution in [0.4, 0.5) is 14.9 Å². The molecule has 0 unspecified atom stereocenters. The summed E-state index contributed by atoms with van der Waals surface area (Å²) in [5, 5.41) is 0. The standard InChI is InChI=1S/C14H19BrFNO3/c1-14(2,3)20-13(18)17(8-7-16)10-5-6-11(15)12(9-10)19-4/h5-6,9H,7-8H2,1-4H3. The normalized spacial score (nSPS) is 11.1. The first kappa shape index (κ1) is 16.8. The van der Waals surface area contributed by atoms with Gasteiger partial charge in [-0.15, -0.1) is 0 Å². The number of anilines is 1. The van der Waals surface area contributed by atoms with Gasteiger partial charge in [-0.1, -0.05) is 0 Å². The number of carbonyl (C=O) groups is 1. The fourth-order valence-electron chi connectivity index (χ4n) is 1.54. The topological polar surface area (TPSA) is 38.8 Å². The molecule has 20 heavy (non-hydrogen) atoms. The lowest BCUT2D eigenvalue weighted by Crippen LogP contribution is -2.38. The maximum absolute atomic E-state index is 12.7. The van der Waals surface area contributed by atoms with Crippen LogP contribution in [-0.4, -0.2) is 32.0 Å². The summed E-state index contributed by atoms with van der Waals surface area (Å²) in [6, 6.07) is 5.10. The Balaban J connectivity index is 3.04. The van der Waals surface area contributed by atoms with Gasteiger partial charge in [-0.3, -0.25) is 4.90 Å². The van der Waals surface area contributed by atoms with Gasteiger partial charge < -0.3 is 9.47 Å². The lowest BCUT2D eigenvalue weighted by atomic mass is 10.2. The van der Waals surface area contributed by atoms with E-state index in [0.717, 1.165) is 4.47 Å². The van der Waals surface area contributed by atoms with E-state index in [1.54, 1.807) is 39.0 Å². The molecule has 0 bridgehead atoms. The van der Waals surface area contributed by atoms with Crippen molar-refractivity contribution in [3.8, 4) is 5.75 Å². The van der Waals surface area contributed by atoms with Crippen LogP contribution in [0.25, 0.3) is 0 Å². The minimum atomic E-state index is -0.655. The SMILES string of the molecule is COc1cc(N(CCF)C(=O)OC(C)(C)C)ccc1Br. The number of amides is 1. The summed E-state index contributed by atoms with van der Waals surface area (Å²) in [4.78, 5) is 13.4. The number of halogens is 2. The summed E-state index contributed by atoms with van der Waals surface area (Å²) in [5.74, 6) is 0.565. The van der Waals surface area contributed by atoms with E-state index in [0.29, 0.717) is 11.4 Å². The fraction of sp³-hybridized carbons (Fsp3) is 0.500. The van der Waals surface area contributed by atoms with E-state index in [1.165, 1.54) is 12.0 Å². The third kappa shape index (κ3) is 4.67. The summed E-state index contributed by atoms with van der Waals surface area (Å²) in [5.41, 5.74) is -0.109. The lowest BCUT2D eigenvalue weighted by Gasteiger charge is -2.27. The predicted octanol–water partition coefficient (Wildman–Crippen LogP) is 4.17. The molecule has 0 aromatic heterocycles. The number of hydrogen-bond donors (Lipinski definition) is 0. The van der Waals surface area contributed by atoms with Crippen LogP contribution >= 0.6 is 15.9 Å². The Morgan fingerprint density at radius 2 is 2.05 bits per heavy atom. The maximum Gasteiger partial charge on any atom is 0.414 e. The minimum Gasteiger partial charge on any atom is -0.495 e. The molecule has 1 aromatic rings. The summed E-state index contributed by atoms with van der Waals surface area (Å²) in [6.07, 6.45) is -0.584. The van der Waals surface area contributed by atoms with Crippen molar-refractivity contribution in [3.63, 3.8) is 0 Å². The number of ether oxygens (including phenoxy) is 2. The second-order valence-corrected chi connectivity index (χ2v) is 5.99. The van der Waals surface area contributed by atoms with Crippen molar-refractivity contribution in [3.05, 3.63) is 22.7 Å². The molecule has 0 saturated carbocycles. The molecule has 0 radical (unpaired) electrons. The van der Waals surface area contributed by atoms with Crippen molar-refractivity contribution in [2.24, 2.45) is 0 Å². The zero-order valence-electron chi connectivity index (χ0n) is 12.1. The molecule has 0 saturated heterocycles. The van der Waals surface area contributed by atoms with Gasteiger partial charge in [-0.05, 0) is 48.8 Å². The van der Waals surface area contributed by atoms with Gasteiger partial charge in [0.05, 0.1) is 23.8 Å². The van der Waals surface area contributed by atoms with Crippen molar-refractivity contribution in [1.29, 1.82) is 0 Å². The third-order valence-electron chi connectivity index (χ3n) is 2.37. The molecule has 0 heterocycles. The highest BCUT2D eigenvalue weighted by Gasteiger charge is 2.23. The second-order valence-electron chi connectivity index (χ2n) is 5.14. The predicted molar refractivity (Wildman–Crippen MR) is 80.2 cm³/mol. The Hall–Kier alpha value is -1.30. The molecule has 6 heteroatoms. The van der Waals surface area contributed by atoms with E-state index in [1.807, 2.05) is 0 Å².